The Morgan fingerprint density at radius 3 is 2.42 bits per heavy atom. The van der Waals surface area contributed by atoms with Gasteiger partial charge >= 0.3 is 5.97 Å². The Morgan fingerprint density at radius 2 is 1.77 bits per heavy atom. The first-order valence-electron chi connectivity index (χ1n) is 8.30. The summed E-state index contributed by atoms with van der Waals surface area (Å²) in [6, 6.07) is 14.1. The van der Waals surface area contributed by atoms with Crippen molar-refractivity contribution >= 4 is 11.9 Å². The number of carbonyl (C=O) groups is 2. The maximum atomic E-state index is 12.2. The van der Waals surface area contributed by atoms with Crippen molar-refractivity contribution in [3.8, 4) is 11.5 Å². The molecule has 0 bridgehead atoms. The SMILES string of the molecule is CCOc1ccc(CN(C)C(=O)COC(=O)c2cccc(OC)c2)cc1. The molecule has 2 rings (SSSR count). The molecule has 0 aromatic heterocycles. The van der Waals surface area contributed by atoms with Gasteiger partial charge in [0.25, 0.3) is 5.91 Å². The van der Waals surface area contributed by atoms with Crippen molar-refractivity contribution in [2.75, 3.05) is 27.4 Å². The minimum atomic E-state index is -0.563. The average molecular weight is 357 g/mol. The van der Waals surface area contributed by atoms with E-state index in [1.54, 1.807) is 31.3 Å². The molecule has 0 aliphatic heterocycles. The van der Waals surface area contributed by atoms with Gasteiger partial charge in [0.1, 0.15) is 11.5 Å². The Morgan fingerprint density at radius 1 is 1.04 bits per heavy atom. The van der Waals surface area contributed by atoms with Crippen LogP contribution in [0.3, 0.4) is 0 Å². The molecule has 0 unspecified atom stereocenters. The first kappa shape index (κ1) is 19.3. The van der Waals surface area contributed by atoms with Crippen molar-refractivity contribution in [1.82, 2.24) is 4.90 Å². The normalized spacial score (nSPS) is 10.1. The monoisotopic (exact) mass is 357 g/mol. The predicted molar refractivity (Wildman–Crippen MR) is 97.4 cm³/mol. The summed E-state index contributed by atoms with van der Waals surface area (Å²) in [6.45, 7) is 2.63. The van der Waals surface area contributed by atoms with Gasteiger partial charge in [-0.2, -0.15) is 0 Å². The van der Waals surface area contributed by atoms with Gasteiger partial charge in [-0.25, -0.2) is 4.79 Å². The van der Waals surface area contributed by atoms with Crippen LogP contribution in [0, 0.1) is 0 Å². The highest BCUT2D eigenvalue weighted by molar-refractivity contribution is 5.91. The quantitative estimate of drug-likeness (QED) is 0.680. The number of rotatable bonds is 8. The molecule has 0 saturated heterocycles. The van der Waals surface area contributed by atoms with Gasteiger partial charge in [0, 0.05) is 13.6 Å². The predicted octanol–water partition coefficient (Wildman–Crippen LogP) is 2.91. The number of benzene rings is 2. The zero-order valence-electron chi connectivity index (χ0n) is 15.2. The lowest BCUT2D eigenvalue weighted by atomic mass is 10.2. The topological polar surface area (TPSA) is 65.1 Å². The van der Waals surface area contributed by atoms with Crippen molar-refractivity contribution in [2.45, 2.75) is 13.5 Å². The second-order valence-corrected chi connectivity index (χ2v) is 5.63. The molecule has 2 aromatic rings. The van der Waals surface area contributed by atoms with Gasteiger partial charge < -0.3 is 19.1 Å². The molecule has 0 fully saturated rings. The van der Waals surface area contributed by atoms with Crippen LogP contribution in [0.2, 0.25) is 0 Å². The van der Waals surface area contributed by atoms with E-state index in [1.807, 2.05) is 31.2 Å². The van der Waals surface area contributed by atoms with Crippen LogP contribution in [-0.2, 0) is 16.1 Å². The molecule has 6 nitrogen and oxygen atoms in total. The second-order valence-electron chi connectivity index (χ2n) is 5.63. The Hall–Kier alpha value is -3.02. The molecule has 0 spiro atoms. The minimum Gasteiger partial charge on any atom is -0.497 e. The van der Waals surface area contributed by atoms with Gasteiger partial charge in [0.15, 0.2) is 6.61 Å². The van der Waals surface area contributed by atoms with Crippen LogP contribution in [-0.4, -0.2) is 44.1 Å². The Kier molecular flexibility index (Phi) is 7.02. The summed E-state index contributed by atoms with van der Waals surface area (Å²) in [4.78, 5) is 25.7. The molecule has 6 heteroatoms. The molecular weight excluding hydrogens is 334 g/mol. The number of esters is 1. The molecule has 26 heavy (non-hydrogen) atoms. The summed E-state index contributed by atoms with van der Waals surface area (Å²) >= 11 is 0. The van der Waals surface area contributed by atoms with Gasteiger partial charge in [0.2, 0.25) is 0 Å². The number of amides is 1. The number of nitrogens with zero attached hydrogens (tertiary/aromatic N) is 1. The van der Waals surface area contributed by atoms with E-state index in [4.69, 9.17) is 14.2 Å². The van der Waals surface area contributed by atoms with Gasteiger partial charge in [0.05, 0.1) is 19.3 Å². The van der Waals surface area contributed by atoms with Crippen LogP contribution in [0.15, 0.2) is 48.5 Å². The minimum absolute atomic E-state index is 0.282. The van der Waals surface area contributed by atoms with Gasteiger partial charge in [-0.1, -0.05) is 18.2 Å². The number of hydrogen-bond donors (Lipinski definition) is 0. The number of ether oxygens (including phenoxy) is 3. The third kappa shape index (κ3) is 5.51. The first-order valence-corrected chi connectivity index (χ1v) is 8.30. The number of likely N-dealkylation sites (N-methyl/N-ethyl adjacent to an activating group) is 1. The molecule has 0 atom stereocenters. The standard InChI is InChI=1S/C20H23NO5/c1-4-25-17-10-8-15(9-11-17)13-21(2)19(22)14-26-20(23)16-6-5-7-18(12-16)24-3/h5-12H,4,13-14H2,1-3H3. The molecule has 0 aliphatic rings. The Balaban J connectivity index is 1.85. The molecule has 2 aromatic carbocycles. The van der Waals surface area contributed by atoms with E-state index in [9.17, 15) is 9.59 Å². The number of carbonyl (C=O) groups excluding carboxylic acids is 2. The average Bonchev–Trinajstić information content (AvgIpc) is 2.67. The first-order chi connectivity index (χ1) is 12.5. The van der Waals surface area contributed by atoms with E-state index in [0.29, 0.717) is 24.5 Å². The maximum Gasteiger partial charge on any atom is 0.338 e. The lowest BCUT2D eigenvalue weighted by molar-refractivity contribution is -0.133. The molecule has 138 valence electrons. The van der Waals surface area contributed by atoms with E-state index < -0.39 is 5.97 Å². The van der Waals surface area contributed by atoms with Crippen LogP contribution in [0.1, 0.15) is 22.8 Å². The molecular formula is C20H23NO5. The fourth-order valence-electron chi connectivity index (χ4n) is 2.29. The fourth-order valence-corrected chi connectivity index (χ4v) is 2.29. The lowest BCUT2D eigenvalue weighted by Crippen LogP contribution is -2.30. The summed E-state index contributed by atoms with van der Waals surface area (Å²) in [5.74, 6) is 0.498. The van der Waals surface area contributed by atoms with E-state index in [0.717, 1.165) is 11.3 Å². The zero-order chi connectivity index (χ0) is 18.9. The van der Waals surface area contributed by atoms with E-state index in [2.05, 4.69) is 0 Å². The maximum absolute atomic E-state index is 12.2. The Labute approximate surface area is 153 Å². The lowest BCUT2D eigenvalue weighted by Gasteiger charge is -2.17. The molecule has 1 amide bonds. The molecule has 0 N–H and O–H groups in total. The largest absolute Gasteiger partial charge is 0.497 e. The summed E-state index contributed by atoms with van der Waals surface area (Å²) in [6.07, 6.45) is 0. The van der Waals surface area contributed by atoms with Crippen LogP contribution in [0.4, 0.5) is 0 Å². The molecule has 0 heterocycles. The van der Waals surface area contributed by atoms with Crippen molar-refractivity contribution in [1.29, 1.82) is 0 Å². The highest BCUT2D eigenvalue weighted by Crippen LogP contribution is 2.14. The van der Waals surface area contributed by atoms with E-state index >= 15 is 0 Å². The summed E-state index contributed by atoms with van der Waals surface area (Å²) in [5.41, 5.74) is 1.30. The second kappa shape index (κ2) is 9.46. The van der Waals surface area contributed by atoms with Crippen LogP contribution >= 0.6 is 0 Å². The zero-order valence-corrected chi connectivity index (χ0v) is 15.2. The fraction of sp³-hybridized carbons (Fsp3) is 0.300. The van der Waals surface area contributed by atoms with Crippen LogP contribution < -0.4 is 9.47 Å². The smallest absolute Gasteiger partial charge is 0.338 e. The third-order valence-electron chi connectivity index (χ3n) is 3.71. The number of methoxy groups -OCH3 is 1. The summed E-state index contributed by atoms with van der Waals surface area (Å²) in [7, 11) is 3.18. The van der Waals surface area contributed by atoms with Crippen LogP contribution in [0.25, 0.3) is 0 Å². The molecule has 0 saturated carbocycles. The number of hydrogen-bond acceptors (Lipinski definition) is 5. The summed E-state index contributed by atoms with van der Waals surface area (Å²) < 4.78 is 15.6. The van der Waals surface area contributed by atoms with Crippen LogP contribution in [0.5, 0.6) is 11.5 Å². The third-order valence-corrected chi connectivity index (χ3v) is 3.71. The highest BCUT2D eigenvalue weighted by atomic mass is 16.5. The van der Waals surface area contributed by atoms with Crippen molar-refractivity contribution in [3.63, 3.8) is 0 Å². The highest BCUT2D eigenvalue weighted by Gasteiger charge is 2.14. The van der Waals surface area contributed by atoms with Crippen molar-refractivity contribution in [2.24, 2.45) is 0 Å². The van der Waals surface area contributed by atoms with Crippen molar-refractivity contribution < 1.29 is 23.8 Å². The van der Waals surface area contributed by atoms with Gasteiger partial charge in [-0.3, -0.25) is 4.79 Å². The molecule has 0 radical (unpaired) electrons. The van der Waals surface area contributed by atoms with Crippen molar-refractivity contribution in [3.05, 3.63) is 59.7 Å². The Bertz CT molecular complexity index is 742. The summed E-state index contributed by atoms with van der Waals surface area (Å²) in [5, 5.41) is 0. The van der Waals surface area contributed by atoms with E-state index in [-0.39, 0.29) is 12.5 Å². The van der Waals surface area contributed by atoms with Gasteiger partial charge in [-0.15, -0.1) is 0 Å². The van der Waals surface area contributed by atoms with Gasteiger partial charge in [-0.05, 0) is 42.8 Å². The van der Waals surface area contributed by atoms with E-state index in [1.165, 1.54) is 12.0 Å². The molecule has 0 aliphatic carbocycles.